The number of piperidine rings is 1. The van der Waals surface area contributed by atoms with E-state index in [9.17, 15) is 15.0 Å². The van der Waals surface area contributed by atoms with E-state index in [2.05, 4.69) is 31.9 Å². The van der Waals surface area contributed by atoms with E-state index in [0.29, 0.717) is 26.2 Å². The Balaban J connectivity index is 1.10. The fourth-order valence-corrected chi connectivity index (χ4v) is 7.09. The Morgan fingerprint density at radius 3 is 2.58 bits per heavy atom. The molecule has 2 aromatic carbocycles. The maximum absolute atomic E-state index is 13.1. The van der Waals surface area contributed by atoms with E-state index in [4.69, 9.17) is 9.97 Å². The summed E-state index contributed by atoms with van der Waals surface area (Å²) in [6.07, 6.45) is 7.75. The number of phenolic OH excluding ortho intramolecular Hbond substituents is 1. The van der Waals surface area contributed by atoms with Crippen molar-refractivity contribution in [1.82, 2.24) is 24.3 Å². The number of hydrogen-bond acceptors (Lipinski definition) is 7. The second-order valence-corrected chi connectivity index (χ2v) is 12.1. The minimum Gasteiger partial charge on any atom is -0.508 e. The summed E-state index contributed by atoms with van der Waals surface area (Å²) in [7, 11) is 0. The number of aliphatic hydroxyl groups is 1. The van der Waals surface area contributed by atoms with Gasteiger partial charge in [0, 0.05) is 56.2 Å². The summed E-state index contributed by atoms with van der Waals surface area (Å²) in [5, 5.41) is 25.6. The van der Waals surface area contributed by atoms with E-state index in [1.165, 1.54) is 5.56 Å². The smallest absolute Gasteiger partial charge is 0.322 e. The van der Waals surface area contributed by atoms with E-state index in [-0.39, 0.29) is 17.8 Å². The monoisotopic (exact) mass is 581 g/mol. The number of urea groups is 1. The molecule has 10 heteroatoms. The lowest BCUT2D eigenvalue weighted by Gasteiger charge is -2.39. The molecule has 224 valence electrons. The molecule has 0 bridgehead atoms. The standard InChI is InChI=1S/C33H39N7O3/c1-22-18-25(41)8-9-26(22)27-19-39(32-30(27)31(34-21-35-32)38-13-4-5-14-38)20-29(42)37-15-11-24(12-16-37)40-17-10-23-6-2-3-7-28(23)36-33(40)43/h2-3,6-9,18-19,21,24,29,41-42H,4-5,10-17,20H2,1H3,(H,36,43). The van der Waals surface area contributed by atoms with Crippen LogP contribution in [-0.4, -0.2) is 85.6 Å². The molecule has 0 aliphatic carbocycles. The van der Waals surface area contributed by atoms with Crippen molar-refractivity contribution in [1.29, 1.82) is 0 Å². The molecule has 2 fully saturated rings. The van der Waals surface area contributed by atoms with Gasteiger partial charge in [0.1, 0.15) is 29.8 Å². The largest absolute Gasteiger partial charge is 0.508 e. The molecule has 5 heterocycles. The first-order valence-corrected chi connectivity index (χ1v) is 15.4. The van der Waals surface area contributed by atoms with Crippen LogP contribution in [0.2, 0.25) is 0 Å². The van der Waals surface area contributed by atoms with E-state index in [1.54, 1.807) is 18.5 Å². The minimum atomic E-state index is -0.697. The lowest BCUT2D eigenvalue weighted by molar-refractivity contribution is -0.0294. The second kappa shape index (κ2) is 11.5. The summed E-state index contributed by atoms with van der Waals surface area (Å²) in [4.78, 5) is 28.9. The normalized spacial score (nSPS) is 19.0. The predicted molar refractivity (Wildman–Crippen MR) is 167 cm³/mol. The van der Waals surface area contributed by atoms with Gasteiger partial charge in [-0.15, -0.1) is 0 Å². The van der Waals surface area contributed by atoms with Crippen molar-refractivity contribution in [3.05, 3.63) is 66.1 Å². The molecule has 1 unspecified atom stereocenters. The second-order valence-electron chi connectivity index (χ2n) is 12.1. The van der Waals surface area contributed by atoms with Crippen LogP contribution in [0.3, 0.4) is 0 Å². The van der Waals surface area contributed by atoms with Crippen molar-refractivity contribution in [2.45, 2.75) is 57.8 Å². The topological polar surface area (TPSA) is 110 Å². The molecule has 7 rings (SSSR count). The maximum Gasteiger partial charge on any atom is 0.322 e. The van der Waals surface area contributed by atoms with Crippen molar-refractivity contribution < 1.29 is 15.0 Å². The highest BCUT2D eigenvalue weighted by molar-refractivity contribution is 6.02. The lowest BCUT2D eigenvalue weighted by Crippen LogP contribution is -2.51. The summed E-state index contributed by atoms with van der Waals surface area (Å²) < 4.78 is 2.05. The number of likely N-dealkylation sites (tertiary alicyclic amines) is 1. The van der Waals surface area contributed by atoms with E-state index in [0.717, 1.165) is 84.4 Å². The SMILES string of the molecule is Cc1cc(O)ccc1-c1cn(CC(O)N2CCC(N3CCc4ccccc4NC3=O)CC2)c2ncnc(N3CCCC3)c12. The highest BCUT2D eigenvalue weighted by atomic mass is 16.3. The van der Waals surface area contributed by atoms with Gasteiger partial charge in [-0.25, -0.2) is 14.8 Å². The predicted octanol–water partition coefficient (Wildman–Crippen LogP) is 4.59. The number of nitrogens with zero attached hydrogens (tertiary/aromatic N) is 6. The molecule has 2 saturated heterocycles. The van der Waals surface area contributed by atoms with Gasteiger partial charge in [-0.3, -0.25) is 4.90 Å². The number of aliphatic hydroxyl groups excluding tert-OH is 1. The first kappa shape index (κ1) is 27.7. The van der Waals surface area contributed by atoms with Crippen LogP contribution in [0.25, 0.3) is 22.2 Å². The zero-order chi connectivity index (χ0) is 29.5. The number of nitrogens with one attached hydrogen (secondary N) is 1. The Kier molecular flexibility index (Phi) is 7.40. The summed E-state index contributed by atoms with van der Waals surface area (Å²) in [6.45, 7) is 6.41. The third-order valence-electron chi connectivity index (χ3n) is 9.40. The van der Waals surface area contributed by atoms with Crippen molar-refractivity contribution >= 4 is 28.6 Å². The summed E-state index contributed by atoms with van der Waals surface area (Å²) >= 11 is 0. The van der Waals surface area contributed by atoms with Gasteiger partial charge in [-0.2, -0.15) is 0 Å². The Bertz CT molecular complexity index is 1640. The van der Waals surface area contributed by atoms with Crippen LogP contribution in [0.1, 0.15) is 36.8 Å². The van der Waals surface area contributed by atoms with Gasteiger partial charge in [-0.1, -0.05) is 24.3 Å². The Hall–Kier alpha value is -4.15. The first-order valence-electron chi connectivity index (χ1n) is 15.4. The summed E-state index contributed by atoms with van der Waals surface area (Å²) in [5.41, 5.74) is 5.87. The lowest BCUT2D eigenvalue weighted by atomic mass is 10.0. The van der Waals surface area contributed by atoms with E-state index >= 15 is 0 Å². The maximum atomic E-state index is 13.1. The number of aromatic hydroxyl groups is 1. The van der Waals surface area contributed by atoms with Crippen LogP contribution >= 0.6 is 0 Å². The third-order valence-corrected chi connectivity index (χ3v) is 9.40. The van der Waals surface area contributed by atoms with Gasteiger partial charge in [0.2, 0.25) is 0 Å². The number of phenols is 1. The van der Waals surface area contributed by atoms with E-state index in [1.807, 2.05) is 36.1 Å². The Labute approximate surface area is 251 Å². The Morgan fingerprint density at radius 2 is 1.79 bits per heavy atom. The average molecular weight is 582 g/mol. The molecule has 3 aliphatic heterocycles. The van der Waals surface area contributed by atoms with Crippen LogP contribution < -0.4 is 10.2 Å². The molecule has 2 aromatic heterocycles. The van der Waals surface area contributed by atoms with Gasteiger partial charge in [0.05, 0.1) is 11.9 Å². The number of anilines is 2. The fourth-order valence-electron chi connectivity index (χ4n) is 7.09. The zero-order valence-electron chi connectivity index (χ0n) is 24.6. The molecule has 4 aromatic rings. The average Bonchev–Trinajstić information content (AvgIpc) is 3.63. The summed E-state index contributed by atoms with van der Waals surface area (Å²) in [6, 6.07) is 13.6. The molecule has 10 nitrogen and oxygen atoms in total. The van der Waals surface area contributed by atoms with Gasteiger partial charge in [0.15, 0.2) is 0 Å². The van der Waals surface area contributed by atoms with Gasteiger partial charge >= 0.3 is 6.03 Å². The van der Waals surface area contributed by atoms with Crippen molar-refractivity contribution in [2.24, 2.45) is 0 Å². The van der Waals surface area contributed by atoms with Crippen LogP contribution in [-0.2, 0) is 13.0 Å². The van der Waals surface area contributed by atoms with Gasteiger partial charge in [0.25, 0.3) is 0 Å². The molecular formula is C33H39N7O3. The van der Waals surface area contributed by atoms with Crippen molar-refractivity contribution in [2.75, 3.05) is 42.9 Å². The quantitative estimate of drug-likeness (QED) is 0.306. The van der Waals surface area contributed by atoms with E-state index < -0.39 is 6.23 Å². The zero-order valence-corrected chi connectivity index (χ0v) is 24.6. The van der Waals surface area contributed by atoms with Crippen LogP contribution in [0.4, 0.5) is 16.3 Å². The molecule has 3 N–H and O–H groups in total. The highest BCUT2D eigenvalue weighted by Crippen LogP contribution is 2.38. The molecule has 0 saturated carbocycles. The van der Waals surface area contributed by atoms with Gasteiger partial charge in [-0.05, 0) is 73.9 Å². The number of carbonyl (C=O) groups excluding carboxylic acids is 1. The number of carbonyl (C=O) groups is 1. The Morgan fingerprint density at radius 1 is 1.00 bits per heavy atom. The number of para-hydroxylation sites is 1. The number of aromatic nitrogens is 3. The molecule has 0 radical (unpaired) electrons. The number of aryl methyl sites for hydroxylation is 1. The molecule has 0 spiro atoms. The van der Waals surface area contributed by atoms with Gasteiger partial charge < -0.3 is 29.9 Å². The van der Waals surface area contributed by atoms with Crippen LogP contribution in [0.5, 0.6) is 5.75 Å². The number of benzene rings is 2. The van der Waals surface area contributed by atoms with Crippen LogP contribution in [0.15, 0.2) is 55.0 Å². The number of fused-ring (bicyclic) bond motifs is 2. The van der Waals surface area contributed by atoms with Crippen molar-refractivity contribution in [3.8, 4) is 16.9 Å². The minimum absolute atomic E-state index is 0.0340. The molecular weight excluding hydrogens is 542 g/mol. The molecule has 1 atom stereocenters. The highest BCUT2D eigenvalue weighted by Gasteiger charge is 2.32. The molecule has 43 heavy (non-hydrogen) atoms. The summed E-state index contributed by atoms with van der Waals surface area (Å²) in [5.74, 6) is 1.17. The molecule has 2 amide bonds. The number of rotatable bonds is 6. The van der Waals surface area contributed by atoms with Crippen molar-refractivity contribution in [3.63, 3.8) is 0 Å². The van der Waals surface area contributed by atoms with Crippen LogP contribution in [0, 0.1) is 6.92 Å². The fraction of sp³-hybridized carbons (Fsp3) is 0.424. The molecule has 3 aliphatic rings. The number of amides is 2. The first-order chi connectivity index (χ1) is 21.0. The third kappa shape index (κ3) is 5.29. The number of hydrogen-bond donors (Lipinski definition) is 3.